The summed E-state index contributed by atoms with van der Waals surface area (Å²) in [5.74, 6) is -1.44. The third-order valence-electron chi connectivity index (χ3n) is 3.41. The molecule has 20 heavy (non-hydrogen) atoms. The number of anilines is 2. The lowest BCUT2D eigenvalue weighted by Gasteiger charge is -2.27. The van der Waals surface area contributed by atoms with Crippen LogP contribution in [0.3, 0.4) is 0 Å². The number of hydrogen-bond acceptors (Lipinski definition) is 5. The number of nitrogens with two attached hydrogens (primary N) is 1. The summed E-state index contributed by atoms with van der Waals surface area (Å²) in [7, 11) is 0. The van der Waals surface area contributed by atoms with Crippen LogP contribution in [0.15, 0.2) is 6.07 Å². The second-order valence-corrected chi connectivity index (χ2v) is 4.99. The van der Waals surface area contributed by atoms with Gasteiger partial charge in [-0.15, -0.1) is 0 Å². The van der Waals surface area contributed by atoms with Crippen LogP contribution in [0.1, 0.15) is 31.5 Å². The van der Waals surface area contributed by atoms with E-state index in [0.29, 0.717) is 6.54 Å². The molecule has 2 atom stereocenters. The SMILES string of the molecule is Nc1cc(NCC2CCCCC2O)nc(C(F)(F)F)n1. The highest BCUT2D eigenvalue weighted by Crippen LogP contribution is 2.28. The molecule has 0 saturated heterocycles. The zero-order chi connectivity index (χ0) is 14.8. The zero-order valence-corrected chi connectivity index (χ0v) is 10.8. The molecule has 0 aliphatic heterocycles. The van der Waals surface area contributed by atoms with Crippen molar-refractivity contribution in [3.05, 3.63) is 11.9 Å². The normalized spacial score (nSPS) is 23.6. The number of alkyl halides is 3. The summed E-state index contributed by atoms with van der Waals surface area (Å²) in [5, 5.41) is 12.6. The first-order chi connectivity index (χ1) is 9.36. The van der Waals surface area contributed by atoms with Gasteiger partial charge in [-0.05, 0) is 12.8 Å². The van der Waals surface area contributed by atoms with Crippen LogP contribution in [0, 0.1) is 5.92 Å². The van der Waals surface area contributed by atoms with Gasteiger partial charge in [0.25, 0.3) is 0 Å². The van der Waals surface area contributed by atoms with Crippen molar-refractivity contribution in [1.29, 1.82) is 0 Å². The van der Waals surface area contributed by atoms with Crippen molar-refractivity contribution in [1.82, 2.24) is 9.97 Å². The van der Waals surface area contributed by atoms with Crippen molar-refractivity contribution in [2.45, 2.75) is 38.0 Å². The predicted octanol–water partition coefficient (Wildman–Crippen LogP) is 2.04. The van der Waals surface area contributed by atoms with Crippen molar-refractivity contribution in [2.24, 2.45) is 5.92 Å². The first kappa shape index (κ1) is 14.8. The third kappa shape index (κ3) is 3.72. The van der Waals surface area contributed by atoms with E-state index in [4.69, 9.17) is 5.73 Å². The largest absolute Gasteiger partial charge is 0.451 e. The first-order valence-electron chi connectivity index (χ1n) is 6.50. The molecule has 1 aliphatic rings. The topological polar surface area (TPSA) is 84.1 Å². The Labute approximate surface area is 114 Å². The van der Waals surface area contributed by atoms with Crippen molar-refractivity contribution in [3.8, 4) is 0 Å². The van der Waals surface area contributed by atoms with Gasteiger partial charge in [0.15, 0.2) is 0 Å². The lowest BCUT2D eigenvalue weighted by molar-refractivity contribution is -0.144. The van der Waals surface area contributed by atoms with Crippen molar-refractivity contribution < 1.29 is 18.3 Å². The van der Waals surface area contributed by atoms with E-state index in [2.05, 4.69) is 15.3 Å². The monoisotopic (exact) mass is 290 g/mol. The lowest BCUT2D eigenvalue weighted by Crippen LogP contribution is -2.30. The molecule has 1 aromatic rings. The van der Waals surface area contributed by atoms with Gasteiger partial charge in [-0.25, -0.2) is 9.97 Å². The Kier molecular flexibility index (Phi) is 4.32. The molecule has 1 saturated carbocycles. The van der Waals surface area contributed by atoms with Gasteiger partial charge in [0.05, 0.1) is 6.10 Å². The Morgan fingerprint density at radius 2 is 2.00 bits per heavy atom. The fraction of sp³-hybridized carbons (Fsp3) is 0.667. The smallest absolute Gasteiger partial charge is 0.393 e. The molecule has 0 aromatic carbocycles. The van der Waals surface area contributed by atoms with E-state index in [-0.39, 0.29) is 17.6 Å². The number of hydrogen-bond donors (Lipinski definition) is 3. The summed E-state index contributed by atoms with van der Waals surface area (Å²) in [6.45, 7) is 0.370. The summed E-state index contributed by atoms with van der Waals surface area (Å²) in [5.41, 5.74) is 5.35. The van der Waals surface area contributed by atoms with Crippen LogP contribution in [0.5, 0.6) is 0 Å². The molecule has 5 nitrogen and oxygen atoms in total. The first-order valence-corrected chi connectivity index (χ1v) is 6.50. The van der Waals surface area contributed by atoms with Crippen molar-refractivity contribution in [3.63, 3.8) is 0 Å². The highest BCUT2D eigenvalue weighted by atomic mass is 19.4. The molecular weight excluding hydrogens is 273 g/mol. The van der Waals surface area contributed by atoms with E-state index in [0.717, 1.165) is 25.7 Å². The van der Waals surface area contributed by atoms with Gasteiger partial charge >= 0.3 is 6.18 Å². The van der Waals surface area contributed by atoms with Crippen molar-refractivity contribution >= 4 is 11.6 Å². The molecule has 1 fully saturated rings. The van der Waals surface area contributed by atoms with Gasteiger partial charge in [0.1, 0.15) is 11.6 Å². The van der Waals surface area contributed by atoms with E-state index >= 15 is 0 Å². The fourth-order valence-corrected chi connectivity index (χ4v) is 2.35. The molecule has 1 aromatic heterocycles. The van der Waals surface area contributed by atoms with Crippen LogP contribution in [-0.2, 0) is 6.18 Å². The second kappa shape index (κ2) is 5.82. The van der Waals surface area contributed by atoms with Gasteiger partial charge < -0.3 is 16.2 Å². The fourth-order valence-electron chi connectivity index (χ4n) is 2.35. The number of aliphatic hydroxyl groups is 1. The maximum Gasteiger partial charge on any atom is 0.451 e. The molecule has 0 spiro atoms. The third-order valence-corrected chi connectivity index (χ3v) is 3.41. The number of nitrogens with zero attached hydrogens (tertiary/aromatic N) is 2. The number of halogens is 3. The minimum atomic E-state index is -4.63. The molecule has 0 amide bonds. The summed E-state index contributed by atoms with van der Waals surface area (Å²) in [6.07, 6.45) is -1.47. The lowest BCUT2D eigenvalue weighted by atomic mass is 9.86. The molecule has 8 heteroatoms. The van der Waals surface area contributed by atoms with E-state index in [9.17, 15) is 18.3 Å². The van der Waals surface area contributed by atoms with Crippen LogP contribution < -0.4 is 11.1 Å². The highest BCUT2D eigenvalue weighted by molar-refractivity contribution is 5.45. The molecule has 1 heterocycles. The molecule has 4 N–H and O–H groups in total. The van der Waals surface area contributed by atoms with Gasteiger partial charge in [-0.2, -0.15) is 13.2 Å². The zero-order valence-electron chi connectivity index (χ0n) is 10.8. The Balaban J connectivity index is 2.04. The summed E-state index contributed by atoms with van der Waals surface area (Å²) in [6, 6.07) is 1.25. The predicted molar refractivity (Wildman–Crippen MR) is 67.9 cm³/mol. The number of rotatable bonds is 3. The van der Waals surface area contributed by atoms with Gasteiger partial charge in [0.2, 0.25) is 5.82 Å². The van der Waals surface area contributed by atoms with Crippen molar-refractivity contribution in [2.75, 3.05) is 17.6 Å². The number of nitrogens with one attached hydrogen (secondary N) is 1. The Hall–Kier alpha value is -1.57. The Morgan fingerprint density at radius 1 is 1.30 bits per heavy atom. The van der Waals surface area contributed by atoms with E-state index in [1.165, 1.54) is 6.07 Å². The number of aromatic nitrogens is 2. The van der Waals surface area contributed by atoms with Crippen LogP contribution in [0.2, 0.25) is 0 Å². The average molecular weight is 290 g/mol. The minimum Gasteiger partial charge on any atom is -0.393 e. The maximum absolute atomic E-state index is 12.6. The second-order valence-electron chi connectivity index (χ2n) is 4.99. The summed E-state index contributed by atoms with van der Waals surface area (Å²) in [4.78, 5) is 6.57. The number of nitrogen functional groups attached to an aromatic ring is 1. The average Bonchev–Trinajstić information content (AvgIpc) is 2.36. The van der Waals surface area contributed by atoms with Crippen LogP contribution in [0.25, 0.3) is 0 Å². The van der Waals surface area contributed by atoms with E-state index in [1.807, 2.05) is 0 Å². The standard InChI is InChI=1S/C12H17F3N4O/c13-12(14,15)11-18-9(16)5-10(19-11)17-6-7-3-1-2-4-8(7)20/h5,7-8,20H,1-4,6H2,(H3,16,17,18,19). The molecule has 2 rings (SSSR count). The summed E-state index contributed by atoms with van der Waals surface area (Å²) < 4.78 is 37.7. The van der Waals surface area contributed by atoms with E-state index < -0.39 is 18.1 Å². The number of aliphatic hydroxyl groups excluding tert-OH is 1. The molecule has 1 aliphatic carbocycles. The molecule has 0 radical (unpaired) electrons. The summed E-state index contributed by atoms with van der Waals surface area (Å²) >= 11 is 0. The molecule has 112 valence electrons. The van der Waals surface area contributed by atoms with Gasteiger partial charge in [-0.3, -0.25) is 0 Å². The molecular formula is C12H17F3N4O. The van der Waals surface area contributed by atoms with Crippen LogP contribution in [-0.4, -0.2) is 27.7 Å². The Bertz CT molecular complexity index is 467. The maximum atomic E-state index is 12.6. The molecule has 0 bridgehead atoms. The van der Waals surface area contributed by atoms with Gasteiger partial charge in [-0.1, -0.05) is 12.8 Å². The minimum absolute atomic E-state index is 0.0225. The molecule has 2 unspecified atom stereocenters. The van der Waals surface area contributed by atoms with Crippen LogP contribution >= 0.6 is 0 Å². The Morgan fingerprint density at radius 3 is 2.65 bits per heavy atom. The van der Waals surface area contributed by atoms with Gasteiger partial charge in [0, 0.05) is 18.5 Å². The van der Waals surface area contributed by atoms with Crippen LogP contribution in [0.4, 0.5) is 24.8 Å². The van der Waals surface area contributed by atoms with E-state index in [1.54, 1.807) is 0 Å². The highest BCUT2D eigenvalue weighted by Gasteiger charge is 2.35. The quantitative estimate of drug-likeness (QED) is 0.793.